The van der Waals surface area contributed by atoms with Gasteiger partial charge >= 0.3 is 5.56 Å². The van der Waals surface area contributed by atoms with E-state index in [1.807, 2.05) is 0 Å². The second-order valence-corrected chi connectivity index (χ2v) is 2.55. The summed E-state index contributed by atoms with van der Waals surface area (Å²) in [6, 6.07) is 0. The Labute approximate surface area is 67.0 Å². The summed E-state index contributed by atoms with van der Waals surface area (Å²) >= 11 is 1.37. The highest BCUT2D eigenvalue weighted by Crippen LogP contribution is 1.95. The van der Waals surface area contributed by atoms with Crippen LogP contribution in [0.1, 0.15) is 0 Å². The standard InChI is InChI=1S/C4H6N2OS.BrH/c1-6-4(7)3(5)2-8-6;/h2H,5H2,1H3;1H. The molecule has 1 rings (SSSR count). The molecule has 1 aromatic heterocycles. The van der Waals surface area contributed by atoms with Crippen LogP contribution in [0.15, 0.2) is 10.2 Å². The lowest BCUT2D eigenvalue weighted by Gasteiger charge is -1.76. The van der Waals surface area contributed by atoms with Crippen molar-refractivity contribution in [1.82, 2.24) is 3.96 Å². The first-order valence-corrected chi connectivity index (χ1v) is 3.02. The average Bonchev–Trinajstić information content (AvgIpc) is 1.98. The Kier molecular flexibility index (Phi) is 3.10. The highest BCUT2D eigenvalue weighted by Gasteiger charge is 1.99. The number of nitrogens with zero attached hydrogens (tertiary/aromatic N) is 1. The van der Waals surface area contributed by atoms with Crippen LogP contribution in [0.2, 0.25) is 0 Å². The topological polar surface area (TPSA) is 49.6 Å². The van der Waals surface area contributed by atoms with Crippen LogP contribution in [0, 0.1) is 0 Å². The SMILES string of the molecule is Cn1scc([NH3+])c1=O.[Br-]. The summed E-state index contributed by atoms with van der Waals surface area (Å²) in [6.07, 6.45) is 0. The van der Waals surface area contributed by atoms with Gasteiger partial charge in [0, 0.05) is 7.05 Å². The fourth-order valence-electron chi connectivity index (χ4n) is 0.443. The van der Waals surface area contributed by atoms with Gasteiger partial charge in [-0.05, 0) is 0 Å². The fraction of sp³-hybridized carbons (Fsp3) is 0.250. The van der Waals surface area contributed by atoms with E-state index in [0.29, 0.717) is 5.69 Å². The van der Waals surface area contributed by atoms with Crippen molar-refractivity contribution < 1.29 is 22.7 Å². The van der Waals surface area contributed by atoms with Crippen molar-refractivity contribution in [3.8, 4) is 0 Å². The van der Waals surface area contributed by atoms with Crippen molar-refractivity contribution in [2.24, 2.45) is 7.05 Å². The molecule has 0 bridgehead atoms. The monoisotopic (exact) mass is 210 g/mol. The molecule has 0 spiro atoms. The van der Waals surface area contributed by atoms with Crippen LogP contribution in [0.4, 0.5) is 5.69 Å². The number of halogens is 1. The molecule has 0 fully saturated rings. The minimum Gasteiger partial charge on any atom is -1.00 e. The quantitative estimate of drug-likeness (QED) is 0.472. The summed E-state index contributed by atoms with van der Waals surface area (Å²) in [6.45, 7) is 0. The molecule has 0 saturated carbocycles. The number of hydrogen-bond donors (Lipinski definition) is 1. The third-order valence-corrected chi connectivity index (χ3v) is 1.79. The van der Waals surface area contributed by atoms with Gasteiger partial charge in [0.25, 0.3) is 0 Å². The fourth-order valence-corrected chi connectivity index (χ4v) is 1.04. The number of quaternary nitrogens is 1. The van der Waals surface area contributed by atoms with Gasteiger partial charge in [0.2, 0.25) is 5.69 Å². The Morgan fingerprint density at radius 1 is 1.78 bits per heavy atom. The molecule has 0 unspecified atom stereocenters. The van der Waals surface area contributed by atoms with E-state index < -0.39 is 0 Å². The van der Waals surface area contributed by atoms with Crippen LogP contribution in [0.3, 0.4) is 0 Å². The van der Waals surface area contributed by atoms with Gasteiger partial charge < -0.3 is 22.7 Å². The zero-order valence-electron chi connectivity index (χ0n) is 4.93. The van der Waals surface area contributed by atoms with E-state index in [1.165, 1.54) is 11.5 Å². The number of rotatable bonds is 0. The lowest BCUT2D eigenvalue weighted by Crippen LogP contribution is -3.00. The van der Waals surface area contributed by atoms with Gasteiger partial charge in [-0.15, -0.1) is 0 Å². The highest BCUT2D eigenvalue weighted by molar-refractivity contribution is 7.04. The van der Waals surface area contributed by atoms with Gasteiger partial charge in [0.05, 0.1) is 5.38 Å². The lowest BCUT2D eigenvalue weighted by molar-refractivity contribution is -0.256. The van der Waals surface area contributed by atoms with Gasteiger partial charge in [-0.2, -0.15) is 0 Å². The van der Waals surface area contributed by atoms with Gasteiger partial charge in [-0.25, -0.2) is 0 Å². The van der Waals surface area contributed by atoms with E-state index in [0.717, 1.165) is 0 Å². The molecule has 0 saturated heterocycles. The first-order valence-electron chi connectivity index (χ1n) is 2.19. The first kappa shape index (κ1) is 8.87. The summed E-state index contributed by atoms with van der Waals surface area (Å²) in [5.74, 6) is 0. The normalized spacial score (nSPS) is 8.67. The van der Waals surface area contributed by atoms with Crippen molar-refractivity contribution in [1.29, 1.82) is 0 Å². The maximum Gasteiger partial charge on any atom is 0.321 e. The molecule has 0 amide bonds. The molecule has 3 nitrogen and oxygen atoms in total. The zero-order chi connectivity index (χ0) is 6.15. The van der Waals surface area contributed by atoms with E-state index >= 15 is 0 Å². The molecule has 0 aliphatic carbocycles. The Hall–Kier alpha value is -0.130. The van der Waals surface area contributed by atoms with Crippen LogP contribution < -0.4 is 28.3 Å². The number of hydrogen-bond acceptors (Lipinski definition) is 2. The lowest BCUT2D eigenvalue weighted by atomic mass is 10.6. The first-order chi connectivity index (χ1) is 3.72. The maximum atomic E-state index is 10.7. The second-order valence-electron chi connectivity index (χ2n) is 1.55. The van der Waals surface area contributed by atoms with Gasteiger partial charge in [0.15, 0.2) is 0 Å². The smallest absolute Gasteiger partial charge is 0.321 e. The van der Waals surface area contributed by atoms with E-state index in [4.69, 9.17) is 0 Å². The van der Waals surface area contributed by atoms with Crippen LogP contribution in [0.5, 0.6) is 0 Å². The van der Waals surface area contributed by atoms with Crippen molar-refractivity contribution in [2.75, 3.05) is 0 Å². The average molecular weight is 211 g/mol. The molecule has 0 aromatic carbocycles. The van der Waals surface area contributed by atoms with Crippen molar-refractivity contribution >= 4 is 17.2 Å². The number of aromatic nitrogens is 1. The van der Waals surface area contributed by atoms with E-state index in [2.05, 4.69) is 5.73 Å². The van der Waals surface area contributed by atoms with E-state index in [9.17, 15) is 4.79 Å². The third-order valence-electron chi connectivity index (χ3n) is 0.914. The molecular weight excluding hydrogens is 204 g/mol. The van der Waals surface area contributed by atoms with Crippen LogP contribution in [-0.2, 0) is 7.05 Å². The summed E-state index contributed by atoms with van der Waals surface area (Å²) < 4.78 is 1.54. The molecule has 5 heteroatoms. The molecule has 0 aliphatic rings. The third kappa shape index (κ3) is 1.64. The van der Waals surface area contributed by atoms with Crippen LogP contribution in [-0.4, -0.2) is 3.96 Å². The Morgan fingerprint density at radius 2 is 2.33 bits per heavy atom. The zero-order valence-corrected chi connectivity index (χ0v) is 7.33. The van der Waals surface area contributed by atoms with Crippen LogP contribution in [0.25, 0.3) is 0 Å². The Bertz CT molecular complexity index is 218. The summed E-state index contributed by atoms with van der Waals surface area (Å²) in [7, 11) is 1.72. The van der Waals surface area contributed by atoms with Crippen molar-refractivity contribution in [2.45, 2.75) is 0 Å². The largest absolute Gasteiger partial charge is 1.00 e. The van der Waals surface area contributed by atoms with Crippen LogP contribution >= 0.6 is 11.5 Å². The molecule has 52 valence electrons. The minimum atomic E-state index is 0. The number of aryl methyl sites for hydroxylation is 1. The van der Waals surface area contributed by atoms with E-state index in [-0.39, 0.29) is 22.5 Å². The van der Waals surface area contributed by atoms with E-state index in [1.54, 1.807) is 16.4 Å². The van der Waals surface area contributed by atoms with Gasteiger partial charge in [-0.3, -0.25) is 8.75 Å². The Morgan fingerprint density at radius 3 is 2.44 bits per heavy atom. The van der Waals surface area contributed by atoms with Crippen molar-refractivity contribution in [3.05, 3.63) is 15.7 Å². The molecule has 0 atom stereocenters. The summed E-state index contributed by atoms with van der Waals surface area (Å²) in [5, 5.41) is 1.74. The molecule has 3 N–H and O–H groups in total. The van der Waals surface area contributed by atoms with Gasteiger partial charge in [0.1, 0.15) is 0 Å². The molecule has 0 radical (unpaired) electrons. The predicted molar refractivity (Wildman–Crippen MR) is 32.1 cm³/mol. The molecular formula is C4H7BrN2OS. The molecule has 9 heavy (non-hydrogen) atoms. The molecule has 0 aliphatic heterocycles. The predicted octanol–water partition coefficient (Wildman–Crippen LogP) is -3.68. The maximum absolute atomic E-state index is 10.7. The summed E-state index contributed by atoms with van der Waals surface area (Å²) in [5.41, 5.74) is 4.11. The minimum absolute atomic E-state index is 0. The molecule has 1 heterocycles. The highest BCUT2D eigenvalue weighted by atomic mass is 79.9. The van der Waals surface area contributed by atoms with Crippen molar-refractivity contribution in [3.63, 3.8) is 0 Å². The van der Waals surface area contributed by atoms with Gasteiger partial charge in [-0.1, -0.05) is 11.5 Å². The Balaban J connectivity index is 0.000000640. The summed E-state index contributed by atoms with van der Waals surface area (Å²) in [4.78, 5) is 10.7. The molecule has 1 aromatic rings. The second kappa shape index (κ2) is 3.14.